The quantitative estimate of drug-likeness (QED) is 0.424. The standard InChI is InChI=1S/C22H13Cl3O3/c23-14-6-4-13(5-7-14)12-27-15-8-9-16-20(10-15)28-21(22(16)26)11-17-18(24)2-1-3-19(17)25/h1-11H,12H2/b21-11-. The van der Waals surface area contributed by atoms with Gasteiger partial charge in [-0.2, -0.15) is 0 Å². The molecule has 3 aromatic carbocycles. The van der Waals surface area contributed by atoms with Crippen LogP contribution in [0.5, 0.6) is 11.5 Å². The van der Waals surface area contributed by atoms with Crippen LogP contribution in [0, 0.1) is 0 Å². The van der Waals surface area contributed by atoms with Crippen LogP contribution in [0.25, 0.3) is 6.08 Å². The summed E-state index contributed by atoms with van der Waals surface area (Å²) >= 11 is 18.2. The van der Waals surface area contributed by atoms with E-state index in [9.17, 15) is 4.79 Å². The predicted molar refractivity (Wildman–Crippen MR) is 112 cm³/mol. The number of ketones is 1. The van der Waals surface area contributed by atoms with Gasteiger partial charge in [0.1, 0.15) is 18.1 Å². The third-order valence-corrected chi connectivity index (χ3v) is 5.15. The van der Waals surface area contributed by atoms with E-state index in [0.717, 1.165) is 5.56 Å². The van der Waals surface area contributed by atoms with Gasteiger partial charge in [0.25, 0.3) is 0 Å². The Bertz CT molecular complexity index is 1070. The predicted octanol–water partition coefficient (Wildman–Crippen LogP) is 6.84. The highest BCUT2D eigenvalue weighted by Crippen LogP contribution is 2.36. The third kappa shape index (κ3) is 3.88. The van der Waals surface area contributed by atoms with Gasteiger partial charge in [-0.25, -0.2) is 0 Å². The molecule has 4 rings (SSSR count). The molecule has 3 nitrogen and oxygen atoms in total. The molecule has 0 saturated carbocycles. The molecule has 0 atom stereocenters. The lowest BCUT2D eigenvalue weighted by Gasteiger charge is -2.07. The number of hydrogen-bond donors (Lipinski definition) is 0. The molecule has 0 spiro atoms. The topological polar surface area (TPSA) is 35.5 Å². The molecule has 0 N–H and O–H groups in total. The van der Waals surface area contributed by atoms with Crippen molar-refractivity contribution in [2.75, 3.05) is 0 Å². The lowest BCUT2D eigenvalue weighted by Crippen LogP contribution is -1.98. The Morgan fingerprint density at radius 3 is 2.36 bits per heavy atom. The van der Waals surface area contributed by atoms with E-state index in [1.165, 1.54) is 0 Å². The molecule has 140 valence electrons. The molecule has 3 aromatic rings. The molecule has 0 unspecified atom stereocenters. The van der Waals surface area contributed by atoms with E-state index in [2.05, 4.69) is 0 Å². The first-order valence-electron chi connectivity index (χ1n) is 8.41. The molecule has 0 aliphatic carbocycles. The number of benzene rings is 3. The van der Waals surface area contributed by atoms with Gasteiger partial charge in [-0.15, -0.1) is 0 Å². The number of carbonyl (C=O) groups is 1. The van der Waals surface area contributed by atoms with Crippen molar-refractivity contribution in [3.8, 4) is 11.5 Å². The molecule has 0 fully saturated rings. The van der Waals surface area contributed by atoms with E-state index in [-0.39, 0.29) is 11.5 Å². The lowest BCUT2D eigenvalue weighted by atomic mass is 10.1. The van der Waals surface area contributed by atoms with E-state index < -0.39 is 0 Å². The first kappa shape index (κ1) is 18.9. The van der Waals surface area contributed by atoms with Crippen LogP contribution in [0.3, 0.4) is 0 Å². The van der Waals surface area contributed by atoms with Gasteiger partial charge in [0.2, 0.25) is 5.78 Å². The van der Waals surface area contributed by atoms with Crippen molar-refractivity contribution in [1.29, 1.82) is 0 Å². The number of hydrogen-bond acceptors (Lipinski definition) is 3. The SMILES string of the molecule is O=C1/C(=C/c2c(Cl)cccc2Cl)Oc2cc(OCc3ccc(Cl)cc3)ccc21. The van der Waals surface area contributed by atoms with E-state index in [1.54, 1.807) is 42.5 Å². The summed E-state index contributed by atoms with van der Waals surface area (Å²) in [6, 6.07) is 17.7. The largest absolute Gasteiger partial charge is 0.489 e. The van der Waals surface area contributed by atoms with E-state index in [4.69, 9.17) is 44.3 Å². The second-order valence-corrected chi connectivity index (χ2v) is 7.40. The molecule has 1 aliphatic rings. The van der Waals surface area contributed by atoms with Gasteiger partial charge in [0, 0.05) is 26.7 Å². The van der Waals surface area contributed by atoms with Crippen LogP contribution >= 0.6 is 34.8 Å². The lowest BCUT2D eigenvalue weighted by molar-refractivity contribution is 0.101. The van der Waals surface area contributed by atoms with E-state index in [1.807, 2.05) is 24.3 Å². The number of rotatable bonds is 4. The van der Waals surface area contributed by atoms with Gasteiger partial charge in [-0.3, -0.25) is 4.79 Å². The average Bonchev–Trinajstić information content (AvgIpc) is 2.99. The van der Waals surface area contributed by atoms with Crippen molar-refractivity contribution < 1.29 is 14.3 Å². The summed E-state index contributed by atoms with van der Waals surface area (Å²) in [5, 5.41) is 1.56. The normalized spacial score (nSPS) is 14.1. The van der Waals surface area contributed by atoms with Crippen molar-refractivity contribution in [3.63, 3.8) is 0 Å². The Kier molecular flexibility index (Phi) is 5.31. The van der Waals surface area contributed by atoms with Gasteiger partial charge in [-0.05, 0) is 48.0 Å². The molecule has 0 bridgehead atoms. The smallest absolute Gasteiger partial charge is 0.231 e. The maximum absolute atomic E-state index is 12.6. The molecule has 0 aromatic heterocycles. The molecule has 28 heavy (non-hydrogen) atoms. The zero-order chi connectivity index (χ0) is 19.7. The number of carbonyl (C=O) groups excluding carboxylic acids is 1. The molecular formula is C22H13Cl3O3. The Labute approximate surface area is 177 Å². The van der Waals surface area contributed by atoms with Crippen LogP contribution < -0.4 is 9.47 Å². The third-order valence-electron chi connectivity index (χ3n) is 4.24. The average molecular weight is 432 g/mol. The Hall–Kier alpha value is -2.46. The summed E-state index contributed by atoms with van der Waals surface area (Å²) in [7, 11) is 0. The van der Waals surface area contributed by atoms with Crippen molar-refractivity contribution in [2.24, 2.45) is 0 Å². The van der Waals surface area contributed by atoms with E-state index >= 15 is 0 Å². The van der Waals surface area contributed by atoms with Gasteiger partial charge in [0.05, 0.1) is 5.56 Å². The molecule has 6 heteroatoms. The second-order valence-electron chi connectivity index (χ2n) is 6.15. The van der Waals surface area contributed by atoms with Crippen LogP contribution in [0.2, 0.25) is 15.1 Å². The number of ether oxygens (including phenoxy) is 2. The maximum Gasteiger partial charge on any atom is 0.231 e. The van der Waals surface area contributed by atoms with Gasteiger partial charge in [0.15, 0.2) is 5.76 Å². The number of allylic oxidation sites excluding steroid dienone is 1. The zero-order valence-electron chi connectivity index (χ0n) is 14.4. The summed E-state index contributed by atoms with van der Waals surface area (Å²) in [5.74, 6) is 0.974. The van der Waals surface area contributed by atoms with Crippen molar-refractivity contribution in [2.45, 2.75) is 6.61 Å². The summed E-state index contributed by atoms with van der Waals surface area (Å²) in [6.07, 6.45) is 1.56. The highest BCUT2D eigenvalue weighted by atomic mass is 35.5. The summed E-state index contributed by atoms with van der Waals surface area (Å²) in [5.41, 5.74) is 1.99. The van der Waals surface area contributed by atoms with Crippen LogP contribution in [0.1, 0.15) is 21.5 Å². The molecule has 1 aliphatic heterocycles. The Morgan fingerprint density at radius 1 is 0.929 bits per heavy atom. The minimum Gasteiger partial charge on any atom is -0.489 e. The number of fused-ring (bicyclic) bond motifs is 1. The number of halogens is 3. The van der Waals surface area contributed by atoms with Crippen LogP contribution in [-0.2, 0) is 6.61 Å². The van der Waals surface area contributed by atoms with Crippen LogP contribution in [0.15, 0.2) is 66.4 Å². The number of Topliss-reactive ketones (excluding diaryl/α,β-unsaturated/α-hetero) is 1. The fraction of sp³-hybridized carbons (Fsp3) is 0.0455. The fourth-order valence-electron chi connectivity index (χ4n) is 2.78. The summed E-state index contributed by atoms with van der Waals surface area (Å²) in [6.45, 7) is 0.377. The minimum atomic E-state index is -0.227. The van der Waals surface area contributed by atoms with Crippen LogP contribution in [-0.4, -0.2) is 5.78 Å². The highest BCUT2D eigenvalue weighted by molar-refractivity contribution is 6.37. The van der Waals surface area contributed by atoms with Gasteiger partial charge >= 0.3 is 0 Å². The molecule has 0 saturated heterocycles. The first-order valence-corrected chi connectivity index (χ1v) is 9.54. The molecule has 1 heterocycles. The van der Waals surface area contributed by atoms with E-state index in [0.29, 0.717) is 44.3 Å². The Balaban J connectivity index is 1.54. The molecular weight excluding hydrogens is 419 g/mol. The Morgan fingerprint density at radius 2 is 1.64 bits per heavy atom. The summed E-state index contributed by atoms with van der Waals surface area (Å²) in [4.78, 5) is 12.6. The summed E-state index contributed by atoms with van der Waals surface area (Å²) < 4.78 is 11.5. The second kappa shape index (κ2) is 7.88. The maximum atomic E-state index is 12.6. The molecule has 0 amide bonds. The highest BCUT2D eigenvalue weighted by Gasteiger charge is 2.28. The monoisotopic (exact) mass is 430 g/mol. The minimum absolute atomic E-state index is 0.167. The zero-order valence-corrected chi connectivity index (χ0v) is 16.7. The van der Waals surface area contributed by atoms with Crippen LogP contribution in [0.4, 0.5) is 0 Å². The molecule has 0 radical (unpaired) electrons. The fourth-order valence-corrected chi connectivity index (χ4v) is 3.42. The first-order chi connectivity index (χ1) is 13.5. The van der Waals surface area contributed by atoms with Crippen molar-refractivity contribution in [1.82, 2.24) is 0 Å². The van der Waals surface area contributed by atoms with Crippen molar-refractivity contribution in [3.05, 3.63) is 98.2 Å². The van der Waals surface area contributed by atoms with Crippen molar-refractivity contribution >= 4 is 46.7 Å². The van der Waals surface area contributed by atoms with Gasteiger partial charge in [-0.1, -0.05) is 53.0 Å². The van der Waals surface area contributed by atoms with Gasteiger partial charge < -0.3 is 9.47 Å².